The number of carbonyl (C=O) groups is 1. The number of hydrogen-bond acceptors (Lipinski definition) is 5. The van der Waals surface area contributed by atoms with Crippen molar-refractivity contribution in [3.63, 3.8) is 0 Å². The number of nitrogens with zero attached hydrogens (tertiary/aromatic N) is 1. The Hall–Kier alpha value is -0.610. The number of esters is 1. The Morgan fingerprint density at radius 2 is 2.12 bits per heavy atom. The van der Waals surface area contributed by atoms with Crippen LogP contribution in [0, 0.1) is 0 Å². The van der Waals surface area contributed by atoms with E-state index in [4.69, 9.17) is 9.47 Å². The minimum absolute atomic E-state index is 0. The lowest BCUT2D eigenvalue weighted by Gasteiger charge is -2.11. The van der Waals surface area contributed by atoms with E-state index in [0.29, 0.717) is 19.6 Å². The van der Waals surface area contributed by atoms with Crippen LogP contribution in [0.25, 0.3) is 0 Å². The number of hydrogen-bond donors (Lipinski definition) is 2. The predicted molar refractivity (Wildman–Crippen MR) is 110 cm³/mol. The van der Waals surface area contributed by atoms with Crippen LogP contribution in [-0.2, 0) is 19.0 Å². The van der Waals surface area contributed by atoms with Gasteiger partial charge in [0, 0.05) is 39.3 Å². The molecule has 1 fully saturated rings. The first-order valence-corrected chi connectivity index (χ1v) is 9.04. The smallest absolute Gasteiger partial charge is 0.305 e. The summed E-state index contributed by atoms with van der Waals surface area (Å²) in [4.78, 5) is 15.5. The highest BCUT2D eigenvalue weighted by Gasteiger charge is 2.14. The molecule has 1 unspecified atom stereocenters. The Bertz CT molecular complexity index is 364. The van der Waals surface area contributed by atoms with Gasteiger partial charge >= 0.3 is 5.97 Å². The first-order valence-electron chi connectivity index (χ1n) is 9.04. The largest absolute Gasteiger partial charge is 0.469 e. The molecular weight excluding hydrogens is 437 g/mol. The van der Waals surface area contributed by atoms with Crippen LogP contribution in [0.15, 0.2) is 4.99 Å². The molecule has 148 valence electrons. The van der Waals surface area contributed by atoms with E-state index >= 15 is 0 Å². The van der Waals surface area contributed by atoms with Gasteiger partial charge in [0.05, 0.1) is 19.8 Å². The summed E-state index contributed by atoms with van der Waals surface area (Å²) in [6.45, 7) is 6.66. The molecule has 0 bridgehead atoms. The molecule has 7 nitrogen and oxygen atoms in total. The van der Waals surface area contributed by atoms with E-state index < -0.39 is 0 Å². The third-order valence-corrected chi connectivity index (χ3v) is 3.72. The summed E-state index contributed by atoms with van der Waals surface area (Å²) in [6, 6.07) is 0. The maximum atomic E-state index is 11.0. The Morgan fingerprint density at radius 1 is 1.28 bits per heavy atom. The molecule has 2 N–H and O–H groups in total. The van der Waals surface area contributed by atoms with Gasteiger partial charge in [-0.25, -0.2) is 0 Å². The Morgan fingerprint density at radius 3 is 2.80 bits per heavy atom. The average molecular weight is 471 g/mol. The lowest BCUT2D eigenvalue weighted by molar-refractivity contribution is -0.140. The molecule has 0 saturated carbocycles. The van der Waals surface area contributed by atoms with E-state index in [2.05, 4.69) is 20.4 Å². The highest BCUT2D eigenvalue weighted by atomic mass is 127. The molecular formula is C17H34IN3O4. The number of rotatable bonds is 12. The molecule has 1 atom stereocenters. The van der Waals surface area contributed by atoms with Crippen LogP contribution in [0.5, 0.6) is 0 Å². The monoisotopic (exact) mass is 471 g/mol. The van der Waals surface area contributed by atoms with Crippen molar-refractivity contribution in [2.45, 2.75) is 51.6 Å². The average Bonchev–Trinajstić information content (AvgIpc) is 3.10. The van der Waals surface area contributed by atoms with Crippen molar-refractivity contribution in [1.29, 1.82) is 0 Å². The summed E-state index contributed by atoms with van der Waals surface area (Å²) in [5, 5.41) is 6.49. The van der Waals surface area contributed by atoms with Crippen molar-refractivity contribution in [3.05, 3.63) is 0 Å². The number of guanidine groups is 1. The summed E-state index contributed by atoms with van der Waals surface area (Å²) in [7, 11) is 1.42. The van der Waals surface area contributed by atoms with Gasteiger partial charge in [-0.2, -0.15) is 0 Å². The molecule has 1 saturated heterocycles. The van der Waals surface area contributed by atoms with Crippen molar-refractivity contribution in [1.82, 2.24) is 10.6 Å². The van der Waals surface area contributed by atoms with Crippen LogP contribution in [-0.4, -0.2) is 64.6 Å². The predicted octanol–water partition coefficient (Wildman–Crippen LogP) is 2.09. The van der Waals surface area contributed by atoms with Gasteiger partial charge in [-0.1, -0.05) is 0 Å². The number of nitrogens with one attached hydrogen (secondary N) is 2. The molecule has 1 aliphatic heterocycles. The van der Waals surface area contributed by atoms with Gasteiger partial charge in [0.15, 0.2) is 5.96 Å². The maximum absolute atomic E-state index is 11.0. The van der Waals surface area contributed by atoms with E-state index in [-0.39, 0.29) is 36.0 Å². The normalized spacial score (nSPS) is 17.0. The molecule has 8 heteroatoms. The number of halogens is 1. The zero-order valence-electron chi connectivity index (χ0n) is 15.6. The molecule has 0 aromatic rings. The molecule has 0 amide bonds. The summed E-state index contributed by atoms with van der Waals surface area (Å²) in [5.74, 6) is 0.660. The quantitative estimate of drug-likeness (QED) is 0.149. The van der Waals surface area contributed by atoms with Gasteiger partial charge in [-0.3, -0.25) is 9.79 Å². The fraction of sp³-hybridized carbons (Fsp3) is 0.882. The van der Waals surface area contributed by atoms with Gasteiger partial charge in [-0.05, 0) is 39.0 Å². The standard InChI is InChI=1S/C17H33N3O4.HI/c1-3-18-17(19-10-5-4-9-16(21)22-2)20-11-7-12-23-14-15-8-6-13-24-15;/h15H,3-14H2,1-2H3,(H2,18,19,20);1H. The molecule has 0 aliphatic carbocycles. The van der Waals surface area contributed by atoms with Gasteiger partial charge < -0.3 is 24.8 Å². The third kappa shape index (κ3) is 13.3. The maximum Gasteiger partial charge on any atom is 0.305 e. The van der Waals surface area contributed by atoms with E-state index in [1.807, 2.05) is 6.92 Å². The number of aliphatic imine (C=N–C) groups is 1. The first kappa shape index (κ1) is 24.4. The second kappa shape index (κ2) is 16.8. The van der Waals surface area contributed by atoms with Crippen molar-refractivity contribution >= 4 is 35.9 Å². The first-order chi connectivity index (χ1) is 11.8. The summed E-state index contributed by atoms with van der Waals surface area (Å²) >= 11 is 0. The topological polar surface area (TPSA) is 81.2 Å². The van der Waals surface area contributed by atoms with Gasteiger partial charge in [0.1, 0.15) is 0 Å². The Balaban J connectivity index is 0.00000576. The lowest BCUT2D eigenvalue weighted by atomic mass is 10.2. The molecule has 0 aromatic heterocycles. The van der Waals surface area contributed by atoms with E-state index in [1.54, 1.807) is 0 Å². The van der Waals surface area contributed by atoms with Crippen molar-refractivity contribution < 1.29 is 19.0 Å². The summed E-state index contributed by atoms with van der Waals surface area (Å²) in [6.07, 6.45) is 5.63. The molecule has 1 rings (SSSR count). The SMILES string of the molecule is CCNC(=NCCCOCC1CCCO1)NCCCCC(=O)OC.I. The van der Waals surface area contributed by atoms with Crippen LogP contribution in [0.2, 0.25) is 0 Å². The molecule has 25 heavy (non-hydrogen) atoms. The fourth-order valence-corrected chi connectivity index (χ4v) is 2.39. The van der Waals surface area contributed by atoms with Crippen molar-refractivity contribution in [2.24, 2.45) is 4.99 Å². The van der Waals surface area contributed by atoms with E-state index in [0.717, 1.165) is 64.3 Å². The van der Waals surface area contributed by atoms with Crippen LogP contribution in [0.3, 0.4) is 0 Å². The molecule has 1 aliphatic rings. The zero-order valence-corrected chi connectivity index (χ0v) is 17.9. The second-order valence-corrected chi connectivity index (χ2v) is 5.78. The van der Waals surface area contributed by atoms with E-state index in [1.165, 1.54) is 7.11 Å². The minimum atomic E-state index is -0.154. The number of ether oxygens (including phenoxy) is 3. The number of unbranched alkanes of at least 4 members (excludes halogenated alkanes) is 1. The van der Waals surface area contributed by atoms with Crippen LogP contribution in [0.4, 0.5) is 0 Å². The Labute approximate surface area is 168 Å². The highest BCUT2D eigenvalue weighted by Crippen LogP contribution is 2.11. The van der Waals surface area contributed by atoms with Crippen LogP contribution in [0.1, 0.15) is 45.4 Å². The van der Waals surface area contributed by atoms with Crippen molar-refractivity contribution in [3.8, 4) is 0 Å². The molecule has 0 spiro atoms. The zero-order chi connectivity index (χ0) is 17.5. The summed E-state index contributed by atoms with van der Waals surface area (Å²) in [5.41, 5.74) is 0. The number of carbonyl (C=O) groups excluding carboxylic acids is 1. The number of methoxy groups -OCH3 is 1. The van der Waals surface area contributed by atoms with Gasteiger partial charge in [-0.15, -0.1) is 24.0 Å². The molecule has 0 radical (unpaired) electrons. The fourth-order valence-electron chi connectivity index (χ4n) is 2.39. The Kier molecular flexibility index (Phi) is 16.4. The molecule has 0 aromatic carbocycles. The molecule has 1 heterocycles. The van der Waals surface area contributed by atoms with Gasteiger partial charge in [0.25, 0.3) is 0 Å². The van der Waals surface area contributed by atoms with Crippen LogP contribution >= 0.6 is 24.0 Å². The second-order valence-electron chi connectivity index (χ2n) is 5.78. The van der Waals surface area contributed by atoms with E-state index in [9.17, 15) is 4.79 Å². The third-order valence-electron chi connectivity index (χ3n) is 3.72. The summed E-state index contributed by atoms with van der Waals surface area (Å²) < 4.78 is 15.8. The van der Waals surface area contributed by atoms with Gasteiger partial charge in [0.2, 0.25) is 0 Å². The minimum Gasteiger partial charge on any atom is -0.469 e. The van der Waals surface area contributed by atoms with Crippen molar-refractivity contribution in [2.75, 3.05) is 46.6 Å². The highest BCUT2D eigenvalue weighted by molar-refractivity contribution is 14.0. The lowest BCUT2D eigenvalue weighted by Crippen LogP contribution is -2.38. The van der Waals surface area contributed by atoms with Crippen LogP contribution < -0.4 is 10.6 Å².